The highest BCUT2D eigenvalue weighted by atomic mass is 32.2. The van der Waals surface area contributed by atoms with E-state index in [0.29, 0.717) is 25.3 Å². The van der Waals surface area contributed by atoms with Crippen LogP contribution in [0.5, 0.6) is 5.75 Å². The summed E-state index contributed by atoms with van der Waals surface area (Å²) in [6.45, 7) is 3.06. The Hall–Kier alpha value is -2.38. The number of carbonyl (C=O) groups excluding carboxylic acids is 1. The molecule has 0 radical (unpaired) electrons. The number of sulfonamides is 1. The van der Waals surface area contributed by atoms with Crippen molar-refractivity contribution in [2.24, 2.45) is 0 Å². The third-order valence-corrected chi connectivity index (χ3v) is 7.40. The van der Waals surface area contributed by atoms with Crippen LogP contribution in [0.2, 0.25) is 0 Å². The lowest BCUT2D eigenvalue weighted by Gasteiger charge is -2.26. The summed E-state index contributed by atoms with van der Waals surface area (Å²) >= 11 is 0. The summed E-state index contributed by atoms with van der Waals surface area (Å²) in [6, 6.07) is 14.6. The van der Waals surface area contributed by atoms with Gasteiger partial charge in [0, 0.05) is 19.5 Å². The molecule has 0 spiro atoms. The maximum Gasteiger partial charge on any atom is 0.243 e. The Bertz CT molecular complexity index is 954. The summed E-state index contributed by atoms with van der Waals surface area (Å²) in [5.74, 6) is 0.509. The van der Waals surface area contributed by atoms with Gasteiger partial charge in [0.15, 0.2) is 0 Å². The molecular formula is C23H30N2O4S. The van der Waals surface area contributed by atoms with Crippen molar-refractivity contribution in [1.82, 2.24) is 9.62 Å². The van der Waals surface area contributed by atoms with Crippen LogP contribution in [-0.4, -0.2) is 38.8 Å². The topological polar surface area (TPSA) is 75.7 Å². The van der Waals surface area contributed by atoms with Crippen LogP contribution in [0.15, 0.2) is 53.4 Å². The van der Waals surface area contributed by atoms with Gasteiger partial charge in [-0.25, -0.2) is 8.42 Å². The fourth-order valence-electron chi connectivity index (χ4n) is 3.75. The first kappa shape index (κ1) is 22.3. The van der Waals surface area contributed by atoms with Crippen molar-refractivity contribution in [3.8, 4) is 5.75 Å². The van der Waals surface area contributed by atoms with E-state index >= 15 is 0 Å². The van der Waals surface area contributed by atoms with Gasteiger partial charge in [0.05, 0.1) is 18.0 Å². The number of methoxy groups -OCH3 is 1. The highest BCUT2D eigenvalue weighted by molar-refractivity contribution is 7.89. The molecule has 1 aliphatic heterocycles. The van der Waals surface area contributed by atoms with Crippen LogP contribution in [0.4, 0.5) is 0 Å². The Labute approximate surface area is 179 Å². The normalized spacial score (nSPS) is 16.1. The van der Waals surface area contributed by atoms with Crippen molar-refractivity contribution >= 4 is 15.9 Å². The summed E-state index contributed by atoms with van der Waals surface area (Å²) in [5.41, 5.74) is 1.76. The summed E-state index contributed by atoms with van der Waals surface area (Å²) in [6.07, 6.45) is 3.50. The van der Waals surface area contributed by atoms with Crippen molar-refractivity contribution in [1.29, 1.82) is 0 Å². The minimum Gasteiger partial charge on any atom is -0.496 e. The molecule has 3 rings (SSSR count). The third kappa shape index (κ3) is 5.40. The number of aryl methyl sites for hydroxylation is 1. The fourth-order valence-corrected chi connectivity index (χ4v) is 5.32. The van der Waals surface area contributed by atoms with E-state index < -0.39 is 10.0 Å². The number of ether oxygens (including phenoxy) is 1. The number of hydrogen-bond acceptors (Lipinski definition) is 4. The van der Waals surface area contributed by atoms with Gasteiger partial charge in [-0.3, -0.25) is 4.79 Å². The lowest BCUT2D eigenvalue weighted by molar-refractivity contribution is -0.121. The lowest BCUT2D eigenvalue weighted by atomic mass is 10.1. The van der Waals surface area contributed by atoms with Crippen molar-refractivity contribution in [3.05, 3.63) is 59.7 Å². The van der Waals surface area contributed by atoms with Crippen molar-refractivity contribution in [3.63, 3.8) is 0 Å². The van der Waals surface area contributed by atoms with Crippen LogP contribution in [-0.2, 0) is 21.2 Å². The van der Waals surface area contributed by atoms with Gasteiger partial charge in [-0.1, -0.05) is 36.8 Å². The number of nitrogens with one attached hydrogen (secondary N) is 1. The molecular weight excluding hydrogens is 400 g/mol. The first-order valence-electron chi connectivity index (χ1n) is 10.4. The predicted octanol–water partition coefficient (Wildman–Crippen LogP) is 3.68. The molecule has 1 aliphatic rings. The van der Waals surface area contributed by atoms with E-state index in [0.717, 1.165) is 30.4 Å². The van der Waals surface area contributed by atoms with Gasteiger partial charge in [0.2, 0.25) is 15.9 Å². The van der Waals surface area contributed by atoms with E-state index in [4.69, 9.17) is 4.74 Å². The van der Waals surface area contributed by atoms with Gasteiger partial charge in [0.25, 0.3) is 0 Å². The van der Waals surface area contributed by atoms with Gasteiger partial charge in [0.1, 0.15) is 5.75 Å². The standard InChI is InChI=1S/C23H30N2O4S/c1-18(19-9-5-3-6-10-19)24-23(26)14-11-20-17-21(12-13-22(20)29-2)30(27,28)25-15-7-4-8-16-25/h3,5-6,9-10,12-13,17-18H,4,7-8,11,14-16H2,1-2H3,(H,24,26)/t18-/m1/s1. The minimum atomic E-state index is -3.53. The SMILES string of the molecule is COc1ccc(S(=O)(=O)N2CCCCC2)cc1CCC(=O)N[C@H](C)c1ccccc1. The predicted molar refractivity (Wildman–Crippen MR) is 117 cm³/mol. The van der Waals surface area contributed by atoms with Gasteiger partial charge in [-0.2, -0.15) is 4.31 Å². The maximum atomic E-state index is 13.0. The largest absolute Gasteiger partial charge is 0.496 e. The number of hydrogen-bond donors (Lipinski definition) is 1. The van der Waals surface area contributed by atoms with Crippen LogP contribution in [0, 0.1) is 0 Å². The summed E-state index contributed by atoms with van der Waals surface area (Å²) in [4.78, 5) is 12.7. The monoisotopic (exact) mass is 430 g/mol. The second-order valence-corrected chi connectivity index (χ2v) is 9.58. The number of benzene rings is 2. The number of carbonyl (C=O) groups is 1. The number of rotatable bonds is 8. The molecule has 2 aromatic rings. The molecule has 1 N–H and O–H groups in total. The molecule has 0 bridgehead atoms. The van der Waals surface area contributed by atoms with Crippen LogP contribution in [0.25, 0.3) is 0 Å². The van der Waals surface area contributed by atoms with Crippen molar-refractivity contribution in [2.75, 3.05) is 20.2 Å². The molecule has 1 atom stereocenters. The molecule has 0 unspecified atom stereocenters. The minimum absolute atomic E-state index is 0.0855. The molecule has 0 aliphatic carbocycles. The number of nitrogens with zero attached hydrogens (tertiary/aromatic N) is 1. The van der Waals surface area contributed by atoms with Crippen LogP contribution in [0.3, 0.4) is 0 Å². The van der Waals surface area contributed by atoms with E-state index in [1.54, 1.807) is 29.6 Å². The molecule has 2 aromatic carbocycles. The molecule has 1 fully saturated rings. The molecule has 30 heavy (non-hydrogen) atoms. The lowest BCUT2D eigenvalue weighted by Crippen LogP contribution is -2.35. The molecule has 162 valence electrons. The van der Waals surface area contributed by atoms with Crippen molar-refractivity contribution in [2.45, 2.75) is 50.0 Å². The zero-order valence-corrected chi connectivity index (χ0v) is 18.5. The quantitative estimate of drug-likeness (QED) is 0.693. The summed E-state index contributed by atoms with van der Waals surface area (Å²) < 4.78 is 32.9. The molecule has 1 heterocycles. The van der Waals surface area contributed by atoms with E-state index in [2.05, 4.69) is 5.32 Å². The molecule has 0 aromatic heterocycles. The highest BCUT2D eigenvalue weighted by Crippen LogP contribution is 2.27. The number of amides is 1. The van der Waals surface area contributed by atoms with Gasteiger partial charge in [-0.05, 0) is 55.5 Å². The third-order valence-electron chi connectivity index (χ3n) is 5.50. The molecule has 1 saturated heterocycles. The van der Waals surface area contributed by atoms with E-state index in [9.17, 15) is 13.2 Å². The van der Waals surface area contributed by atoms with E-state index in [1.807, 2.05) is 37.3 Å². The zero-order chi connectivity index (χ0) is 21.6. The van der Waals surface area contributed by atoms with Crippen LogP contribution in [0.1, 0.15) is 49.8 Å². The Morgan fingerprint density at radius 1 is 1.10 bits per heavy atom. The average Bonchev–Trinajstić information content (AvgIpc) is 2.78. The maximum absolute atomic E-state index is 13.0. The molecule has 6 nitrogen and oxygen atoms in total. The second kappa shape index (κ2) is 10.1. The van der Waals surface area contributed by atoms with Gasteiger partial charge < -0.3 is 10.1 Å². The fraction of sp³-hybridized carbons (Fsp3) is 0.435. The van der Waals surface area contributed by atoms with Crippen LogP contribution >= 0.6 is 0 Å². The van der Waals surface area contributed by atoms with Gasteiger partial charge >= 0.3 is 0 Å². The Balaban J connectivity index is 1.69. The second-order valence-electron chi connectivity index (χ2n) is 7.64. The molecule has 7 heteroatoms. The highest BCUT2D eigenvalue weighted by Gasteiger charge is 2.26. The Morgan fingerprint density at radius 3 is 2.47 bits per heavy atom. The van der Waals surface area contributed by atoms with Crippen LogP contribution < -0.4 is 10.1 Å². The Morgan fingerprint density at radius 2 is 1.80 bits per heavy atom. The zero-order valence-electron chi connectivity index (χ0n) is 17.6. The smallest absolute Gasteiger partial charge is 0.243 e. The average molecular weight is 431 g/mol. The number of piperidine rings is 1. The van der Waals surface area contributed by atoms with E-state index in [-0.39, 0.29) is 23.3 Å². The molecule has 1 amide bonds. The Kier molecular flexibility index (Phi) is 7.50. The van der Waals surface area contributed by atoms with E-state index in [1.165, 1.54) is 0 Å². The first-order valence-corrected chi connectivity index (χ1v) is 11.9. The van der Waals surface area contributed by atoms with Crippen molar-refractivity contribution < 1.29 is 17.9 Å². The van der Waals surface area contributed by atoms with Gasteiger partial charge in [-0.15, -0.1) is 0 Å². The first-order chi connectivity index (χ1) is 14.4. The summed E-state index contributed by atoms with van der Waals surface area (Å²) in [7, 11) is -1.98. The molecule has 0 saturated carbocycles. The summed E-state index contributed by atoms with van der Waals surface area (Å²) in [5, 5.41) is 2.99.